The van der Waals surface area contributed by atoms with Gasteiger partial charge in [0.1, 0.15) is 11.5 Å². The minimum atomic E-state index is -0.868. The van der Waals surface area contributed by atoms with Crippen molar-refractivity contribution >= 4 is 45.4 Å². The molecule has 5 aromatic rings. The Labute approximate surface area is 310 Å². The van der Waals surface area contributed by atoms with Crippen molar-refractivity contribution in [1.82, 2.24) is 4.57 Å². The first-order valence-electron chi connectivity index (χ1n) is 17.0. The average Bonchev–Trinajstić information content (AvgIpc) is 3.38. The molecule has 280 valence electrons. The molecule has 1 heterocycles. The Kier molecular flexibility index (Phi) is 12.9. The van der Waals surface area contributed by atoms with Gasteiger partial charge in [-0.2, -0.15) is 0 Å². The van der Waals surface area contributed by atoms with Gasteiger partial charge in [0.05, 0.1) is 37.6 Å². The third-order valence-electron chi connectivity index (χ3n) is 8.17. The highest BCUT2D eigenvalue weighted by atomic mass is 16.6. The van der Waals surface area contributed by atoms with Gasteiger partial charge in [-0.05, 0) is 95.8 Å². The summed E-state index contributed by atoms with van der Waals surface area (Å²) in [6, 6.07) is 20.4. The van der Waals surface area contributed by atoms with Crippen LogP contribution in [0.25, 0.3) is 21.5 Å². The number of carbonyl (C=O) groups excluding carboxylic acids is 4. The highest BCUT2D eigenvalue weighted by molar-refractivity contribution is 5.99. The van der Waals surface area contributed by atoms with Gasteiger partial charge in [-0.25, -0.2) is 19.2 Å². The molecular formula is C41H39NO12. The summed E-state index contributed by atoms with van der Waals surface area (Å²) in [4.78, 5) is 48.8. The van der Waals surface area contributed by atoms with Crippen molar-refractivity contribution in [2.75, 3.05) is 26.4 Å². The minimum Gasteiger partial charge on any atom is -0.494 e. The van der Waals surface area contributed by atoms with Gasteiger partial charge in [0.25, 0.3) is 0 Å². The van der Waals surface area contributed by atoms with E-state index in [0.29, 0.717) is 61.2 Å². The number of nitrogens with zero attached hydrogens (tertiary/aromatic N) is 1. The first kappa shape index (κ1) is 38.5. The predicted octanol–water partition coefficient (Wildman–Crippen LogP) is 6.96. The number of rotatable bonds is 18. The summed E-state index contributed by atoms with van der Waals surface area (Å²) in [6.45, 7) is 8.10. The molecule has 13 nitrogen and oxygen atoms in total. The van der Waals surface area contributed by atoms with Gasteiger partial charge in [-0.15, -0.1) is 0 Å². The standard InChI is InChI=1S/C41H39NO12/c1-4-34(43)51-20-8-6-18-49-32-16-14-26-22-30(12-10-28(26)24-32)40(47)53-36-37(39(46)42(3)38(36)45)54-41(48)31-13-11-29-25-33(17-15-27(29)23-31)50-19-7-9-21-52-35(44)5-2/h4-5,10-17,22-25,45-46H,1-2,6-9,18-21H2,3H3. The minimum absolute atomic E-state index is 0.136. The molecule has 0 saturated heterocycles. The molecule has 0 aliphatic carbocycles. The van der Waals surface area contributed by atoms with E-state index in [4.69, 9.17) is 28.4 Å². The zero-order valence-corrected chi connectivity index (χ0v) is 29.6. The lowest BCUT2D eigenvalue weighted by Crippen LogP contribution is -2.12. The number of aromatic nitrogens is 1. The van der Waals surface area contributed by atoms with Crippen LogP contribution in [0.15, 0.2) is 98.1 Å². The summed E-state index contributed by atoms with van der Waals surface area (Å²) in [5.74, 6) is -3.74. The van der Waals surface area contributed by atoms with Gasteiger partial charge in [-0.3, -0.25) is 4.57 Å². The van der Waals surface area contributed by atoms with Gasteiger partial charge in [0.15, 0.2) is 0 Å². The second-order valence-electron chi connectivity index (χ2n) is 11.9. The van der Waals surface area contributed by atoms with Crippen molar-refractivity contribution < 1.29 is 57.8 Å². The number of hydrogen-bond acceptors (Lipinski definition) is 12. The molecule has 0 spiro atoms. The van der Waals surface area contributed by atoms with E-state index in [2.05, 4.69) is 13.2 Å². The van der Waals surface area contributed by atoms with Gasteiger partial charge < -0.3 is 38.6 Å². The second kappa shape index (κ2) is 18.1. The molecule has 54 heavy (non-hydrogen) atoms. The maximum atomic E-state index is 13.3. The number of esters is 4. The third-order valence-corrected chi connectivity index (χ3v) is 8.17. The molecule has 0 unspecified atom stereocenters. The fourth-order valence-electron chi connectivity index (χ4n) is 5.23. The highest BCUT2D eigenvalue weighted by Gasteiger charge is 2.29. The molecule has 0 saturated carbocycles. The lowest BCUT2D eigenvalue weighted by molar-refractivity contribution is -0.138. The van der Waals surface area contributed by atoms with Crippen LogP contribution in [-0.4, -0.2) is 65.1 Å². The first-order valence-corrected chi connectivity index (χ1v) is 17.0. The maximum Gasteiger partial charge on any atom is 0.343 e. The summed E-state index contributed by atoms with van der Waals surface area (Å²) < 4.78 is 33.4. The Bertz CT molecular complexity index is 2050. The molecule has 0 amide bonds. The van der Waals surface area contributed by atoms with Gasteiger partial charge in [0, 0.05) is 19.2 Å². The van der Waals surface area contributed by atoms with E-state index in [-0.39, 0.29) is 24.3 Å². The quantitative estimate of drug-likeness (QED) is 0.0540. The molecule has 5 rings (SSSR count). The molecule has 0 bridgehead atoms. The third kappa shape index (κ3) is 9.76. The molecule has 2 N–H and O–H groups in total. The van der Waals surface area contributed by atoms with E-state index in [1.54, 1.807) is 48.5 Å². The van der Waals surface area contributed by atoms with E-state index in [0.717, 1.165) is 27.5 Å². The monoisotopic (exact) mass is 737 g/mol. The molecule has 0 radical (unpaired) electrons. The van der Waals surface area contributed by atoms with Crippen molar-refractivity contribution in [3.8, 4) is 34.8 Å². The molecular weight excluding hydrogens is 698 g/mol. The summed E-state index contributed by atoms with van der Waals surface area (Å²) in [7, 11) is 1.31. The molecule has 1 aromatic heterocycles. The molecule has 4 aromatic carbocycles. The topological polar surface area (TPSA) is 169 Å². The number of hydrogen-bond donors (Lipinski definition) is 2. The van der Waals surface area contributed by atoms with Crippen LogP contribution in [0.5, 0.6) is 34.8 Å². The van der Waals surface area contributed by atoms with Gasteiger partial charge in [0.2, 0.25) is 23.3 Å². The van der Waals surface area contributed by atoms with Crippen molar-refractivity contribution in [2.45, 2.75) is 25.7 Å². The lowest BCUT2D eigenvalue weighted by Gasteiger charge is -2.10. The smallest absolute Gasteiger partial charge is 0.343 e. The van der Waals surface area contributed by atoms with Crippen LogP contribution in [0.4, 0.5) is 0 Å². The van der Waals surface area contributed by atoms with Crippen LogP contribution in [0, 0.1) is 0 Å². The summed E-state index contributed by atoms with van der Waals surface area (Å²) in [5.41, 5.74) is 0.273. The van der Waals surface area contributed by atoms with E-state index >= 15 is 0 Å². The fraction of sp³-hybridized carbons (Fsp3) is 0.220. The van der Waals surface area contributed by atoms with E-state index in [9.17, 15) is 29.4 Å². The zero-order valence-electron chi connectivity index (χ0n) is 29.6. The van der Waals surface area contributed by atoms with Crippen LogP contribution >= 0.6 is 0 Å². The Morgan fingerprint density at radius 1 is 0.574 bits per heavy atom. The summed E-state index contributed by atoms with van der Waals surface area (Å²) in [6.07, 6.45) is 4.85. The fourth-order valence-corrected chi connectivity index (χ4v) is 5.23. The molecule has 0 aliphatic rings. The van der Waals surface area contributed by atoms with Gasteiger partial charge >= 0.3 is 23.9 Å². The highest BCUT2D eigenvalue weighted by Crippen LogP contribution is 2.47. The Hall–Kier alpha value is -6.76. The van der Waals surface area contributed by atoms with Crippen molar-refractivity contribution in [3.05, 3.63) is 109 Å². The van der Waals surface area contributed by atoms with Crippen LogP contribution in [0.2, 0.25) is 0 Å². The van der Waals surface area contributed by atoms with Crippen LogP contribution < -0.4 is 18.9 Å². The summed E-state index contributed by atoms with van der Waals surface area (Å²) in [5, 5.41) is 24.4. The van der Waals surface area contributed by atoms with Crippen LogP contribution in [0.1, 0.15) is 46.4 Å². The van der Waals surface area contributed by atoms with Crippen molar-refractivity contribution in [2.24, 2.45) is 7.05 Å². The zero-order chi connectivity index (χ0) is 38.6. The average molecular weight is 738 g/mol. The van der Waals surface area contributed by atoms with Crippen LogP contribution in [0.3, 0.4) is 0 Å². The van der Waals surface area contributed by atoms with Gasteiger partial charge in [-0.1, -0.05) is 37.4 Å². The SMILES string of the molecule is C=CC(=O)OCCCCOc1ccc2cc(C(=O)Oc3c(OC(=O)c4ccc5cc(OCCCCOC(=O)C=C)ccc5c4)c(O)n(C)c3O)ccc2c1. The van der Waals surface area contributed by atoms with Crippen molar-refractivity contribution in [1.29, 1.82) is 0 Å². The number of ether oxygens (including phenoxy) is 6. The largest absolute Gasteiger partial charge is 0.494 e. The molecule has 0 atom stereocenters. The predicted molar refractivity (Wildman–Crippen MR) is 198 cm³/mol. The second-order valence-corrected chi connectivity index (χ2v) is 11.9. The molecule has 0 aliphatic heterocycles. The summed E-state index contributed by atoms with van der Waals surface area (Å²) >= 11 is 0. The first-order chi connectivity index (χ1) is 26.1. The number of carbonyl (C=O) groups is 4. The van der Waals surface area contributed by atoms with Crippen LogP contribution in [-0.2, 0) is 26.1 Å². The number of unbranched alkanes of at least 4 members (excludes halogenated alkanes) is 2. The van der Waals surface area contributed by atoms with E-state index in [1.165, 1.54) is 19.2 Å². The van der Waals surface area contributed by atoms with Crippen molar-refractivity contribution in [3.63, 3.8) is 0 Å². The molecule has 13 heteroatoms. The number of fused-ring (bicyclic) bond motifs is 2. The van der Waals surface area contributed by atoms with E-state index < -0.39 is 47.1 Å². The Morgan fingerprint density at radius 2 is 0.944 bits per heavy atom. The lowest BCUT2D eigenvalue weighted by atomic mass is 10.1. The number of aromatic hydroxyl groups is 2. The number of benzene rings is 4. The molecule has 0 fully saturated rings. The Balaban J connectivity index is 1.20. The Morgan fingerprint density at radius 3 is 1.35 bits per heavy atom. The maximum absolute atomic E-state index is 13.3. The normalized spacial score (nSPS) is 10.8. The van der Waals surface area contributed by atoms with E-state index in [1.807, 2.05) is 12.1 Å².